The van der Waals surface area contributed by atoms with Crippen molar-refractivity contribution in [3.63, 3.8) is 0 Å². The first-order valence-corrected chi connectivity index (χ1v) is 7.66. The fourth-order valence-electron chi connectivity index (χ4n) is 2.23. The Morgan fingerprint density at radius 3 is 2.24 bits per heavy atom. The maximum Gasteiger partial charge on any atom is 0.255 e. The maximum atomic E-state index is 12.3. The van der Waals surface area contributed by atoms with Crippen molar-refractivity contribution in [2.24, 2.45) is 0 Å². The molecule has 2 N–H and O–H groups in total. The number of amides is 1. The van der Waals surface area contributed by atoms with Gasteiger partial charge in [0.15, 0.2) is 0 Å². The predicted octanol–water partition coefficient (Wildman–Crippen LogP) is 4.45. The molecule has 0 fully saturated rings. The SMILES string of the molecule is COc1ccc(C(=O)Nc2cccc(Oc3ccc(O)cc3)c2)cc1. The van der Waals surface area contributed by atoms with Gasteiger partial charge in [-0.25, -0.2) is 0 Å². The summed E-state index contributed by atoms with van der Waals surface area (Å²) >= 11 is 0. The normalized spacial score (nSPS) is 10.1. The number of ether oxygens (including phenoxy) is 2. The van der Waals surface area contributed by atoms with Crippen LogP contribution in [-0.4, -0.2) is 18.1 Å². The van der Waals surface area contributed by atoms with Crippen molar-refractivity contribution in [3.8, 4) is 23.0 Å². The van der Waals surface area contributed by atoms with E-state index >= 15 is 0 Å². The molecular formula is C20H17NO4. The molecule has 0 aliphatic heterocycles. The second-order valence-electron chi connectivity index (χ2n) is 5.31. The lowest BCUT2D eigenvalue weighted by atomic mass is 10.2. The van der Waals surface area contributed by atoms with Crippen LogP contribution in [0.4, 0.5) is 5.69 Å². The van der Waals surface area contributed by atoms with E-state index in [4.69, 9.17) is 9.47 Å². The summed E-state index contributed by atoms with van der Waals surface area (Å²) < 4.78 is 10.8. The van der Waals surface area contributed by atoms with Gasteiger partial charge in [0.25, 0.3) is 5.91 Å². The molecule has 3 rings (SSSR count). The Labute approximate surface area is 145 Å². The lowest BCUT2D eigenvalue weighted by molar-refractivity contribution is 0.102. The summed E-state index contributed by atoms with van der Waals surface area (Å²) in [4.78, 5) is 12.3. The number of hydrogen-bond donors (Lipinski definition) is 2. The molecule has 0 heterocycles. The fraction of sp³-hybridized carbons (Fsp3) is 0.0500. The first-order valence-electron chi connectivity index (χ1n) is 7.66. The number of phenols is 1. The molecule has 0 saturated carbocycles. The van der Waals surface area contributed by atoms with Crippen LogP contribution in [0.3, 0.4) is 0 Å². The second-order valence-corrected chi connectivity index (χ2v) is 5.31. The quantitative estimate of drug-likeness (QED) is 0.723. The van der Waals surface area contributed by atoms with Gasteiger partial charge in [0.2, 0.25) is 0 Å². The van der Waals surface area contributed by atoms with E-state index in [0.717, 1.165) is 0 Å². The van der Waals surface area contributed by atoms with Gasteiger partial charge in [-0.05, 0) is 60.7 Å². The molecule has 1 amide bonds. The number of phenolic OH excluding ortho intramolecular Hbond substituents is 1. The molecule has 0 spiro atoms. The Bertz CT molecular complexity index is 858. The van der Waals surface area contributed by atoms with Gasteiger partial charge in [-0.1, -0.05) is 6.07 Å². The van der Waals surface area contributed by atoms with Crippen LogP contribution in [0.25, 0.3) is 0 Å². The summed E-state index contributed by atoms with van der Waals surface area (Å²) in [7, 11) is 1.58. The van der Waals surface area contributed by atoms with Crippen molar-refractivity contribution in [2.45, 2.75) is 0 Å². The summed E-state index contributed by atoms with van der Waals surface area (Å²) in [6.45, 7) is 0. The van der Waals surface area contributed by atoms with Gasteiger partial charge >= 0.3 is 0 Å². The third-order valence-corrected chi connectivity index (χ3v) is 3.52. The third-order valence-electron chi connectivity index (χ3n) is 3.52. The predicted molar refractivity (Wildman–Crippen MR) is 95.6 cm³/mol. The highest BCUT2D eigenvalue weighted by atomic mass is 16.5. The Hall–Kier alpha value is -3.47. The largest absolute Gasteiger partial charge is 0.508 e. The lowest BCUT2D eigenvalue weighted by Gasteiger charge is -2.09. The second kappa shape index (κ2) is 7.40. The molecule has 5 heteroatoms. The van der Waals surface area contributed by atoms with Gasteiger partial charge in [-0.2, -0.15) is 0 Å². The zero-order chi connectivity index (χ0) is 17.6. The number of aromatic hydroxyl groups is 1. The molecule has 0 aromatic heterocycles. The van der Waals surface area contributed by atoms with Crippen LogP contribution in [0.1, 0.15) is 10.4 Å². The van der Waals surface area contributed by atoms with Crippen LogP contribution in [0, 0.1) is 0 Å². The van der Waals surface area contributed by atoms with Gasteiger partial charge in [-0.3, -0.25) is 4.79 Å². The number of nitrogens with one attached hydrogen (secondary N) is 1. The van der Waals surface area contributed by atoms with E-state index in [0.29, 0.717) is 28.5 Å². The zero-order valence-corrected chi connectivity index (χ0v) is 13.6. The molecule has 0 saturated heterocycles. The molecule has 0 aliphatic carbocycles. The molecule has 3 aromatic carbocycles. The summed E-state index contributed by atoms with van der Waals surface area (Å²) in [5, 5.41) is 12.1. The van der Waals surface area contributed by atoms with Crippen LogP contribution in [0.5, 0.6) is 23.0 Å². The monoisotopic (exact) mass is 335 g/mol. The first kappa shape index (κ1) is 16.4. The molecule has 0 unspecified atom stereocenters. The highest BCUT2D eigenvalue weighted by molar-refractivity contribution is 6.04. The topological polar surface area (TPSA) is 67.8 Å². The number of hydrogen-bond acceptors (Lipinski definition) is 4. The van der Waals surface area contributed by atoms with Crippen LogP contribution in [0.2, 0.25) is 0 Å². The number of anilines is 1. The number of benzene rings is 3. The average molecular weight is 335 g/mol. The van der Waals surface area contributed by atoms with E-state index in [-0.39, 0.29) is 11.7 Å². The lowest BCUT2D eigenvalue weighted by Crippen LogP contribution is -2.11. The van der Waals surface area contributed by atoms with Gasteiger partial charge in [-0.15, -0.1) is 0 Å². The summed E-state index contributed by atoms with van der Waals surface area (Å²) in [5.74, 6) is 1.83. The molecule has 25 heavy (non-hydrogen) atoms. The smallest absolute Gasteiger partial charge is 0.255 e. The zero-order valence-electron chi connectivity index (χ0n) is 13.6. The number of rotatable bonds is 5. The average Bonchev–Trinajstić information content (AvgIpc) is 2.64. The summed E-state index contributed by atoms with van der Waals surface area (Å²) in [5.41, 5.74) is 1.16. The van der Waals surface area contributed by atoms with Crippen molar-refractivity contribution in [3.05, 3.63) is 78.4 Å². The standard InChI is InChI=1S/C20H17NO4/c1-24-17-9-5-14(6-10-17)20(23)21-15-3-2-4-19(13-15)25-18-11-7-16(22)8-12-18/h2-13,22H,1H3,(H,21,23). The van der Waals surface area contributed by atoms with Gasteiger partial charge in [0.05, 0.1) is 7.11 Å². The van der Waals surface area contributed by atoms with E-state index in [2.05, 4.69) is 5.32 Å². The van der Waals surface area contributed by atoms with E-state index in [9.17, 15) is 9.90 Å². The molecule has 0 atom stereocenters. The first-order chi connectivity index (χ1) is 12.1. The van der Waals surface area contributed by atoms with E-state index in [1.165, 1.54) is 0 Å². The van der Waals surface area contributed by atoms with Crippen molar-refractivity contribution in [2.75, 3.05) is 12.4 Å². The molecule has 0 aliphatic rings. The van der Waals surface area contributed by atoms with Gasteiger partial charge < -0.3 is 19.9 Å². The van der Waals surface area contributed by atoms with Gasteiger partial charge in [0, 0.05) is 17.3 Å². The van der Waals surface area contributed by atoms with Gasteiger partial charge in [0.1, 0.15) is 23.0 Å². The number of carbonyl (C=O) groups excluding carboxylic acids is 1. The Balaban J connectivity index is 1.70. The number of carbonyl (C=O) groups is 1. The van der Waals surface area contributed by atoms with Crippen LogP contribution in [0.15, 0.2) is 72.8 Å². The minimum absolute atomic E-state index is 0.174. The third kappa shape index (κ3) is 4.29. The van der Waals surface area contributed by atoms with Crippen molar-refractivity contribution in [1.82, 2.24) is 0 Å². The summed E-state index contributed by atoms with van der Waals surface area (Å²) in [6.07, 6.45) is 0. The molecule has 3 aromatic rings. The molecule has 126 valence electrons. The molecule has 5 nitrogen and oxygen atoms in total. The van der Waals surface area contributed by atoms with E-state index in [1.807, 2.05) is 0 Å². The van der Waals surface area contributed by atoms with Crippen molar-refractivity contribution >= 4 is 11.6 Å². The molecule has 0 radical (unpaired) electrons. The Morgan fingerprint density at radius 1 is 0.880 bits per heavy atom. The Morgan fingerprint density at radius 2 is 1.56 bits per heavy atom. The van der Waals surface area contributed by atoms with Crippen LogP contribution in [-0.2, 0) is 0 Å². The summed E-state index contributed by atoms with van der Waals surface area (Å²) in [6, 6.07) is 20.4. The van der Waals surface area contributed by atoms with E-state index in [1.54, 1.807) is 79.9 Å². The highest BCUT2D eigenvalue weighted by Crippen LogP contribution is 2.25. The minimum atomic E-state index is -0.218. The minimum Gasteiger partial charge on any atom is -0.508 e. The van der Waals surface area contributed by atoms with E-state index < -0.39 is 0 Å². The van der Waals surface area contributed by atoms with Crippen LogP contribution >= 0.6 is 0 Å². The van der Waals surface area contributed by atoms with Crippen molar-refractivity contribution < 1.29 is 19.4 Å². The number of methoxy groups -OCH3 is 1. The van der Waals surface area contributed by atoms with Crippen LogP contribution < -0.4 is 14.8 Å². The Kier molecular flexibility index (Phi) is 4.85. The highest BCUT2D eigenvalue weighted by Gasteiger charge is 2.07. The fourth-order valence-corrected chi connectivity index (χ4v) is 2.23. The molecular weight excluding hydrogens is 318 g/mol. The molecule has 0 bridgehead atoms. The maximum absolute atomic E-state index is 12.3. The van der Waals surface area contributed by atoms with Crippen molar-refractivity contribution in [1.29, 1.82) is 0 Å².